The molecule has 116 valence electrons. The average Bonchev–Trinajstić information content (AvgIpc) is 2.91. The second-order valence-corrected chi connectivity index (χ2v) is 8.25. The Hall–Kier alpha value is -0.630. The molecule has 1 N–H and O–H groups in total. The molecule has 0 aliphatic carbocycles. The van der Waals surface area contributed by atoms with E-state index in [4.69, 9.17) is 15.4 Å². The molecule has 8 heteroatoms. The first-order valence-corrected chi connectivity index (χ1v) is 9.58. The Labute approximate surface area is 136 Å². The molecule has 1 aliphatic rings. The van der Waals surface area contributed by atoms with Crippen molar-refractivity contribution in [3.63, 3.8) is 0 Å². The summed E-state index contributed by atoms with van der Waals surface area (Å²) in [6, 6.07) is 4.30. The van der Waals surface area contributed by atoms with Crippen molar-refractivity contribution in [3.8, 4) is 0 Å². The fourth-order valence-electron chi connectivity index (χ4n) is 2.13. The number of ether oxygens (including phenoxy) is 1. The van der Waals surface area contributed by atoms with Gasteiger partial charge in [-0.1, -0.05) is 0 Å². The molecule has 1 heterocycles. The van der Waals surface area contributed by atoms with E-state index in [0.29, 0.717) is 16.9 Å². The Morgan fingerprint density at radius 1 is 1.48 bits per heavy atom. The molecule has 1 atom stereocenters. The minimum Gasteiger partial charge on any atom is -0.381 e. The van der Waals surface area contributed by atoms with Gasteiger partial charge in [0.1, 0.15) is 0 Å². The van der Waals surface area contributed by atoms with Crippen LogP contribution in [-0.2, 0) is 13.8 Å². The Kier molecular flexibility index (Phi) is 5.65. The van der Waals surface area contributed by atoms with Crippen molar-refractivity contribution in [1.82, 2.24) is 5.32 Å². The number of halogens is 2. The van der Waals surface area contributed by atoms with Crippen molar-refractivity contribution in [3.05, 3.63) is 28.2 Å². The lowest BCUT2D eigenvalue weighted by molar-refractivity contribution is 0.0950. The molecule has 2 rings (SSSR count). The minimum absolute atomic E-state index is 0.110. The van der Waals surface area contributed by atoms with E-state index in [1.165, 1.54) is 12.1 Å². The summed E-state index contributed by atoms with van der Waals surface area (Å²) in [5.41, 5.74) is 0.264. The number of nitrogens with one attached hydrogen (secondary N) is 1. The average molecular weight is 397 g/mol. The third kappa shape index (κ3) is 4.67. The van der Waals surface area contributed by atoms with Crippen LogP contribution >= 0.6 is 26.6 Å². The number of rotatable bonds is 5. The normalized spacial score (nSPS) is 18.7. The minimum atomic E-state index is -3.89. The second-order valence-electron chi connectivity index (χ2n) is 4.86. The van der Waals surface area contributed by atoms with Gasteiger partial charge in [0, 0.05) is 40.5 Å². The van der Waals surface area contributed by atoms with E-state index in [9.17, 15) is 13.2 Å². The van der Waals surface area contributed by atoms with Crippen molar-refractivity contribution in [2.24, 2.45) is 5.92 Å². The Bertz CT molecular complexity index is 629. The van der Waals surface area contributed by atoms with Gasteiger partial charge in [-0.15, -0.1) is 0 Å². The largest absolute Gasteiger partial charge is 0.381 e. The van der Waals surface area contributed by atoms with Crippen molar-refractivity contribution >= 4 is 41.6 Å². The van der Waals surface area contributed by atoms with E-state index >= 15 is 0 Å². The molecule has 1 unspecified atom stereocenters. The number of benzene rings is 1. The van der Waals surface area contributed by atoms with Crippen LogP contribution in [-0.4, -0.2) is 34.1 Å². The Morgan fingerprint density at radius 3 is 2.86 bits per heavy atom. The molecule has 0 radical (unpaired) electrons. The van der Waals surface area contributed by atoms with Gasteiger partial charge in [-0.05, 0) is 52.9 Å². The number of hydrogen-bond donors (Lipinski definition) is 1. The van der Waals surface area contributed by atoms with E-state index in [1.807, 2.05) is 0 Å². The maximum absolute atomic E-state index is 12.0. The molecule has 0 aromatic heterocycles. The van der Waals surface area contributed by atoms with Gasteiger partial charge in [0.15, 0.2) is 0 Å². The molecule has 1 saturated heterocycles. The SMILES string of the molecule is O=C(NCCC1CCOC1)c1ccc(Br)c(S(=O)(=O)Cl)c1. The van der Waals surface area contributed by atoms with Crippen LogP contribution in [0, 0.1) is 5.92 Å². The van der Waals surface area contributed by atoms with Crippen molar-refractivity contribution in [2.45, 2.75) is 17.7 Å². The smallest absolute Gasteiger partial charge is 0.262 e. The number of hydrogen-bond acceptors (Lipinski definition) is 4. The van der Waals surface area contributed by atoms with Gasteiger partial charge >= 0.3 is 0 Å². The Balaban J connectivity index is 1.99. The quantitative estimate of drug-likeness (QED) is 0.776. The molecule has 1 aromatic rings. The third-order valence-electron chi connectivity index (χ3n) is 3.32. The molecule has 5 nitrogen and oxygen atoms in total. The van der Waals surface area contributed by atoms with Gasteiger partial charge in [0.2, 0.25) is 0 Å². The van der Waals surface area contributed by atoms with Crippen LogP contribution in [0.15, 0.2) is 27.6 Å². The standard InChI is InChI=1S/C13H15BrClNO4S/c14-11-2-1-10(7-12(11)21(15,18)19)13(17)16-5-3-9-4-6-20-8-9/h1-2,7,9H,3-6,8H2,(H,16,17). The molecule has 0 saturated carbocycles. The maximum atomic E-state index is 12.0. The molecule has 0 spiro atoms. The highest BCUT2D eigenvalue weighted by molar-refractivity contribution is 9.10. The first-order valence-electron chi connectivity index (χ1n) is 6.48. The van der Waals surface area contributed by atoms with Crippen molar-refractivity contribution < 1.29 is 17.9 Å². The highest BCUT2D eigenvalue weighted by Gasteiger charge is 2.18. The molecule has 1 amide bonds. The van der Waals surface area contributed by atoms with Crippen LogP contribution in [0.4, 0.5) is 0 Å². The zero-order chi connectivity index (χ0) is 15.5. The van der Waals surface area contributed by atoms with E-state index in [1.54, 1.807) is 6.07 Å². The molecule has 1 aromatic carbocycles. The first-order chi connectivity index (χ1) is 9.88. The topological polar surface area (TPSA) is 72.5 Å². The lowest BCUT2D eigenvalue weighted by atomic mass is 10.1. The highest BCUT2D eigenvalue weighted by atomic mass is 79.9. The van der Waals surface area contributed by atoms with Crippen LogP contribution in [0.3, 0.4) is 0 Å². The molecular weight excluding hydrogens is 382 g/mol. The number of carbonyl (C=O) groups excluding carboxylic acids is 1. The molecular formula is C13H15BrClNO4S. The molecule has 1 fully saturated rings. The van der Waals surface area contributed by atoms with Gasteiger partial charge in [0.05, 0.1) is 4.90 Å². The van der Waals surface area contributed by atoms with Crippen molar-refractivity contribution in [2.75, 3.05) is 19.8 Å². The summed E-state index contributed by atoms with van der Waals surface area (Å²) >= 11 is 3.10. The molecule has 21 heavy (non-hydrogen) atoms. The van der Waals surface area contributed by atoms with Crippen LogP contribution in [0.1, 0.15) is 23.2 Å². The summed E-state index contributed by atoms with van der Waals surface area (Å²) in [4.78, 5) is 11.9. The summed E-state index contributed by atoms with van der Waals surface area (Å²) in [6.45, 7) is 2.05. The summed E-state index contributed by atoms with van der Waals surface area (Å²) in [6.07, 6.45) is 1.87. The molecule has 0 bridgehead atoms. The van der Waals surface area contributed by atoms with Crippen LogP contribution in [0.5, 0.6) is 0 Å². The zero-order valence-corrected chi connectivity index (χ0v) is 14.3. The summed E-state index contributed by atoms with van der Waals surface area (Å²) in [5, 5.41) is 2.78. The summed E-state index contributed by atoms with van der Waals surface area (Å²) in [7, 11) is 1.43. The fourth-order valence-corrected chi connectivity index (χ4v) is 4.25. The monoisotopic (exact) mass is 395 g/mol. The van der Waals surface area contributed by atoms with Crippen LogP contribution in [0.2, 0.25) is 0 Å². The predicted molar refractivity (Wildman–Crippen MR) is 83.1 cm³/mol. The summed E-state index contributed by atoms with van der Waals surface area (Å²) in [5.74, 6) is 0.164. The number of amides is 1. The van der Waals surface area contributed by atoms with E-state index in [-0.39, 0.29) is 16.4 Å². The zero-order valence-electron chi connectivity index (χ0n) is 11.1. The van der Waals surface area contributed by atoms with Gasteiger partial charge in [0.25, 0.3) is 15.0 Å². The van der Waals surface area contributed by atoms with Gasteiger partial charge in [-0.2, -0.15) is 0 Å². The van der Waals surface area contributed by atoms with Crippen LogP contribution < -0.4 is 5.32 Å². The Morgan fingerprint density at radius 2 is 2.24 bits per heavy atom. The maximum Gasteiger partial charge on any atom is 0.262 e. The number of carbonyl (C=O) groups is 1. The summed E-state index contributed by atoms with van der Waals surface area (Å²) < 4.78 is 28.4. The van der Waals surface area contributed by atoms with Crippen molar-refractivity contribution in [1.29, 1.82) is 0 Å². The lowest BCUT2D eigenvalue weighted by Crippen LogP contribution is -2.26. The van der Waals surface area contributed by atoms with Gasteiger partial charge in [-0.3, -0.25) is 4.79 Å². The second kappa shape index (κ2) is 7.09. The van der Waals surface area contributed by atoms with E-state index < -0.39 is 9.05 Å². The third-order valence-corrected chi connectivity index (χ3v) is 5.63. The highest BCUT2D eigenvalue weighted by Crippen LogP contribution is 2.26. The van der Waals surface area contributed by atoms with E-state index in [2.05, 4.69) is 21.2 Å². The van der Waals surface area contributed by atoms with Crippen LogP contribution in [0.25, 0.3) is 0 Å². The first kappa shape index (κ1) is 16.7. The van der Waals surface area contributed by atoms with E-state index in [0.717, 1.165) is 26.1 Å². The predicted octanol–water partition coefficient (Wildman–Crippen LogP) is 2.53. The molecule has 1 aliphatic heterocycles. The lowest BCUT2D eigenvalue weighted by Gasteiger charge is -2.09. The van der Waals surface area contributed by atoms with Gasteiger partial charge in [-0.25, -0.2) is 8.42 Å². The fraction of sp³-hybridized carbons (Fsp3) is 0.462. The van der Waals surface area contributed by atoms with Gasteiger partial charge < -0.3 is 10.1 Å².